The van der Waals surface area contributed by atoms with Gasteiger partial charge in [0.1, 0.15) is 5.65 Å². The third-order valence-electron chi connectivity index (χ3n) is 5.69. The van der Waals surface area contributed by atoms with E-state index in [4.69, 9.17) is 0 Å². The second-order valence-corrected chi connectivity index (χ2v) is 9.21. The van der Waals surface area contributed by atoms with E-state index < -0.39 is 17.3 Å². The normalized spacial score (nSPS) is 13.6. The fourth-order valence-electron chi connectivity index (χ4n) is 3.80. The first-order valence-electron chi connectivity index (χ1n) is 11.5. The van der Waals surface area contributed by atoms with Crippen LogP contribution < -0.4 is 10.9 Å². The Labute approximate surface area is 202 Å². The number of aromatic nitrogens is 5. The van der Waals surface area contributed by atoms with Gasteiger partial charge in [0, 0.05) is 43.7 Å². The van der Waals surface area contributed by atoms with Crippen LogP contribution in [0.25, 0.3) is 11.7 Å². The van der Waals surface area contributed by atoms with Crippen LogP contribution in [0.15, 0.2) is 29.5 Å². The van der Waals surface area contributed by atoms with Crippen molar-refractivity contribution >= 4 is 23.5 Å². The second-order valence-electron chi connectivity index (χ2n) is 9.21. The number of aryl methyl sites for hydroxylation is 1. The SMILES string of the molecule is Cc1nn2c(O)c(C(=O)NC3CC3)c(=O)n(CC(C)C)c2c1/C=C/C(=O)N(C)Cc1cnccn1. The van der Waals surface area contributed by atoms with Crippen LogP contribution in [0.4, 0.5) is 0 Å². The number of carbonyl (C=O) groups is 2. The highest BCUT2D eigenvalue weighted by molar-refractivity contribution is 5.97. The molecule has 3 aromatic heterocycles. The maximum absolute atomic E-state index is 13.4. The number of likely N-dealkylation sites (N-methyl/N-ethyl adjacent to an activating group) is 1. The Morgan fingerprint density at radius 3 is 2.69 bits per heavy atom. The summed E-state index contributed by atoms with van der Waals surface area (Å²) in [6.45, 7) is 6.20. The fraction of sp³-hybridized carbons (Fsp3) is 0.417. The highest BCUT2D eigenvalue weighted by Gasteiger charge is 2.30. The highest BCUT2D eigenvalue weighted by Crippen LogP contribution is 2.25. The van der Waals surface area contributed by atoms with Crippen molar-refractivity contribution in [2.45, 2.75) is 52.7 Å². The Morgan fingerprint density at radius 2 is 2.06 bits per heavy atom. The molecule has 2 N–H and O–H groups in total. The molecule has 11 nitrogen and oxygen atoms in total. The van der Waals surface area contributed by atoms with Crippen molar-refractivity contribution in [3.63, 3.8) is 0 Å². The first kappa shape index (κ1) is 24.1. The molecule has 3 heterocycles. The highest BCUT2D eigenvalue weighted by atomic mass is 16.3. The zero-order chi connectivity index (χ0) is 25.3. The minimum absolute atomic E-state index is 0.0262. The third kappa shape index (κ3) is 5.08. The maximum Gasteiger partial charge on any atom is 0.270 e. The van der Waals surface area contributed by atoms with Gasteiger partial charge in [-0.2, -0.15) is 9.61 Å². The molecule has 0 saturated heterocycles. The van der Waals surface area contributed by atoms with Crippen molar-refractivity contribution in [1.82, 2.24) is 34.4 Å². The summed E-state index contributed by atoms with van der Waals surface area (Å²) in [5.74, 6) is -1.33. The summed E-state index contributed by atoms with van der Waals surface area (Å²) in [6, 6.07) is 0.0262. The van der Waals surface area contributed by atoms with Gasteiger partial charge in [0.2, 0.25) is 11.8 Å². The van der Waals surface area contributed by atoms with Gasteiger partial charge in [-0.15, -0.1) is 0 Å². The van der Waals surface area contributed by atoms with E-state index in [1.807, 2.05) is 13.8 Å². The molecular formula is C24H29N7O4. The smallest absolute Gasteiger partial charge is 0.270 e. The molecule has 0 bridgehead atoms. The molecule has 1 fully saturated rings. The zero-order valence-corrected chi connectivity index (χ0v) is 20.2. The van der Waals surface area contributed by atoms with E-state index >= 15 is 0 Å². The summed E-state index contributed by atoms with van der Waals surface area (Å²) in [5, 5.41) is 18.0. The fourth-order valence-corrected chi connectivity index (χ4v) is 3.80. The lowest BCUT2D eigenvalue weighted by Crippen LogP contribution is -2.36. The number of hydrogen-bond acceptors (Lipinski definition) is 7. The Kier molecular flexibility index (Phi) is 6.68. The van der Waals surface area contributed by atoms with E-state index in [1.54, 1.807) is 38.6 Å². The van der Waals surface area contributed by atoms with Gasteiger partial charge in [-0.1, -0.05) is 13.8 Å². The molecule has 35 heavy (non-hydrogen) atoms. The zero-order valence-electron chi connectivity index (χ0n) is 20.2. The molecule has 0 radical (unpaired) electrons. The third-order valence-corrected chi connectivity index (χ3v) is 5.69. The summed E-state index contributed by atoms with van der Waals surface area (Å²) in [6.07, 6.45) is 9.38. The maximum atomic E-state index is 13.4. The number of aromatic hydroxyl groups is 1. The monoisotopic (exact) mass is 479 g/mol. The topological polar surface area (TPSA) is 135 Å². The molecule has 0 unspecified atom stereocenters. The number of carbonyl (C=O) groups excluding carboxylic acids is 2. The second kappa shape index (κ2) is 9.69. The van der Waals surface area contributed by atoms with Gasteiger partial charge >= 0.3 is 0 Å². The summed E-state index contributed by atoms with van der Waals surface area (Å²) in [5.41, 5.74) is 1.05. The van der Waals surface area contributed by atoms with Crippen LogP contribution >= 0.6 is 0 Å². The summed E-state index contributed by atoms with van der Waals surface area (Å²) >= 11 is 0. The molecule has 1 aliphatic rings. The molecule has 11 heteroatoms. The lowest BCUT2D eigenvalue weighted by Gasteiger charge is -2.15. The Hall–Kier alpha value is -4.02. The van der Waals surface area contributed by atoms with Gasteiger partial charge in [-0.3, -0.25) is 28.9 Å². The molecule has 4 rings (SSSR count). The van der Waals surface area contributed by atoms with Crippen LogP contribution in [0.1, 0.15) is 54.0 Å². The number of fused-ring (bicyclic) bond motifs is 1. The van der Waals surface area contributed by atoms with E-state index in [2.05, 4.69) is 20.4 Å². The minimum atomic E-state index is -0.611. The van der Waals surface area contributed by atoms with Crippen molar-refractivity contribution in [3.05, 3.63) is 57.5 Å². The van der Waals surface area contributed by atoms with E-state index in [9.17, 15) is 19.5 Å². The van der Waals surface area contributed by atoms with Crippen LogP contribution in [0.2, 0.25) is 0 Å². The molecule has 184 valence electrons. The largest absolute Gasteiger partial charge is 0.492 e. The van der Waals surface area contributed by atoms with Crippen LogP contribution in [0, 0.1) is 12.8 Å². The van der Waals surface area contributed by atoms with Crippen LogP contribution in [0.5, 0.6) is 5.88 Å². The lowest BCUT2D eigenvalue weighted by molar-refractivity contribution is -0.125. The van der Waals surface area contributed by atoms with Gasteiger partial charge in [-0.05, 0) is 31.8 Å². The van der Waals surface area contributed by atoms with E-state index in [1.165, 1.54) is 20.1 Å². The Balaban J connectivity index is 1.74. The number of nitrogens with one attached hydrogen (secondary N) is 1. The van der Waals surface area contributed by atoms with Crippen molar-refractivity contribution in [2.24, 2.45) is 5.92 Å². The van der Waals surface area contributed by atoms with Gasteiger partial charge in [0.15, 0.2) is 5.56 Å². The molecule has 0 aromatic carbocycles. The molecule has 3 aromatic rings. The van der Waals surface area contributed by atoms with Crippen LogP contribution in [-0.4, -0.2) is 59.1 Å². The molecule has 0 aliphatic heterocycles. The number of hydrogen-bond donors (Lipinski definition) is 2. The van der Waals surface area contributed by atoms with Crippen LogP contribution in [0.3, 0.4) is 0 Å². The number of rotatable bonds is 8. The molecule has 0 spiro atoms. The van der Waals surface area contributed by atoms with Gasteiger partial charge < -0.3 is 15.3 Å². The lowest BCUT2D eigenvalue weighted by atomic mass is 10.1. The van der Waals surface area contributed by atoms with E-state index in [0.29, 0.717) is 29.1 Å². The average molecular weight is 480 g/mol. The summed E-state index contributed by atoms with van der Waals surface area (Å²) in [7, 11) is 1.65. The average Bonchev–Trinajstić information content (AvgIpc) is 3.56. The Bertz CT molecular complexity index is 1350. The predicted molar refractivity (Wildman–Crippen MR) is 129 cm³/mol. The van der Waals surface area contributed by atoms with Crippen LogP contribution in [-0.2, 0) is 17.9 Å². The van der Waals surface area contributed by atoms with E-state index in [0.717, 1.165) is 12.8 Å². The van der Waals surface area contributed by atoms with Gasteiger partial charge in [-0.25, -0.2) is 0 Å². The minimum Gasteiger partial charge on any atom is -0.492 e. The van der Waals surface area contributed by atoms with E-state index in [-0.39, 0.29) is 30.0 Å². The van der Waals surface area contributed by atoms with Crippen molar-refractivity contribution in [2.75, 3.05) is 7.05 Å². The summed E-state index contributed by atoms with van der Waals surface area (Å²) in [4.78, 5) is 48.5. The van der Waals surface area contributed by atoms with Gasteiger partial charge in [0.05, 0.1) is 24.1 Å². The standard InChI is InChI=1S/C24H29N7O4/c1-14(2)12-30-22-18(7-8-19(32)29(4)13-17-11-25-9-10-26-17)15(3)28-31(22)24(35)20(23(30)34)21(33)27-16-5-6-16/h7-11,14,16,35H,5-6,12-13H2,1-4H3,(H,27,33)/b8-7+. The molecule has 1 aliphatic carbocycles. The molecule has 2 amide bonds. The predicted octanol–water partition coefficient (Wildman–Crippen LogP) is 1.52. The Morgan fingerprint density at radius 1 is 1.31 bits per heavy atom. The molecule has 0 atom stereocenters. The van der Waals surface area contributed by atoms with Crippen molar-refractivity contribution < 1.29 is 14.7 Å². The quantitative estimate of drug-likeness (QED) is 0.468. The molecular weight excluding hydrogens is 450 g/mol. The van der Waals surface area contributed by atoms with Crippen molar-refractivity contribution in [3.8, 4) is 5.88 Å². The first-order valence-corrected chi connectivity index (χ1v) is 11.5. The summed E-state index contributed by atoms with van der Waals surface area (Å²) < 4.78 is 2.65. The number of amides is 2. The molecule has 1 saturated carbocycles. The van der Waals surface area contributed by atoms with Crippen molar-refractivity contribution in [1.29, 1.82) is 0 Å². The number of nitrogens with zero attached hydrogens (tertiary/aromatic N) is 6. The van der Waals surface area contributed by atoms with Gasteiger partial charge in [0.25, 0.3) is 11.5 Å². The first-order chi connectivity index (χ1) is 16.7.